The Morgan fingerprint density at radius 3 is 2.35 bits per heavy atom. The summed E-state index contributed by atoms with van der Waals surface area (Å²) < 4.78 is 18.4. The van der Waals surface area contributed by atoms with Crippen LogP contribution in [-0.2, 0) is 6.61 Å². The van der Waals surface area contributed by atoms with E-state index in [1.807, 2.05) is 0 Å². The number of ether oxygens (including phenoxy) is 1. The summed E-state index contributed by atoms with van der Waals surface area (Å²) in [6, 6.07) is 6.19. The molecule has 0 aliphatic heterocycles. The molecule has 7 heteroatoms. The first kappa shape index (κ1) is 12.0. The van der Waals surface area contributed by atoms with Gasteiger partial charge in [0.15, 0.2) is 0 Å². The molecule has 2 rings (SSSR count). The molecule has 0 bridgehead atoms. The third-order valence-electron chi connectivity index (χ3n) is 1.87. The average Bonchev–Trinajstić information content (AvgIpc) is 2.27. The van der Waals surface area contributed by atoms with Crippen molar-refractivity contribution in [2.24, 2.45) is 0 Å². The first-order valence-corrected chi connectivity index (χ1v) is 5.34. The Morgan fingerprint density at radius 2 is 1.71 bits per heavy atom. The first-order chi connectivity index (χ1) is 8.15. The van der Waals surface area contributed by atoms with Crippen molar-refractivity contribution in [1.29, 1.82) is 0 Å². The summed E-state index contributed by atoms with van der Waals surface area (Å²) in [5.74, 6) is -0.362. The van der Waals surface area contributed by atoms with Crippen molar-refractivity contribution in [2.75, 3.05) is 0 Å². The molecular formula is C10H6Cl2FN3O. The molecule has 0 saturated carbocycles. The molecule has 88 valence electrons. The van der Waals surface area contributed by atoms with Gasteiger partial charge in [-0.1, -0.05) is 18.2 Å². The standard InChI is InChI=1S/C10H6Cl2FN3O/c11-8-14-9(12)16-10(15-8)17-5-6-3-1-2-4-7(6)13/h1-4H,5H2. The SMILES string of the molecule is Fc1ccccc1COc1nc(Cl)nc(Cl)n1. The van der Waals surface area contributed by atoms with Crippen LogP contribution in [0.5, 0.6) is 6.01 Å². The molecule has 0 aliphatic rings. The molecule has 0 spiro atoms. The molecule has 0 radical (unpaired) electrons. The lowest BCUT2D eigenvalue weighted by Gasteiger charge is -2.05. The van der Waals surface area contributed by atoms with Crippen LogP contribution in [0.25, 0.3) is 0 Å². The maximum absolute atomic E-state index is 13.3. The molecule has 0 aliphatic carbocycles. The second kappa shape index (κ2) is 5.25. The molecule has 0 amide bonds. The highest BCUT2D eigenvalue weighted by molar-refractivity contribution is 6.31. The third-order valence-corrected chi connectivity index (χ3v) is 2.21. The van der Waals surface area contributed by atoms with E-state index in [0.29, 0.717) is 5.56 Å². The van der Waals surface area contributed by atoms with Crippen LogP contribution < -0.4 is 4.74 Å². The van der Waals surface area contributed by atoms with Crippen molar-refractivity contribution < 1.29 is 9.13 Å². The highest BCUT2D eigenvalue weighted by atomic mass is 35.5. The Labute approximate surface area is 106 Å². The molecule has 0 saturated heterocycles. The monoisotopic (exact) mass is 273 g/mol. The average molecular weight is 274 g/mol. The lowest BCUT2D eigenvalue weighted by atomic mass is 10.2. The van der Waals surface area contributed by atoms with Gasteiger partial charge in [0, 0.05) is 5.56 Å². The van der Waals surface area contributed by atoms with Gasteiger partial charge in [0.25, 0.3) is 0 Å². The normalized spacial score (nSPS) is 10.3. The maximum atomic E-state index is 13.3. The smallest absolute Gasteiger partial charge is 0.322 e. The molecular weight excluding hydrogens is 268 g/mol. The fourth-order valence-electron chi connectivity index (χ4n) is 1.13. The zero-order valence-corrected chi connectivity index (χ0v) is 9.91. The molecule has 1 aromatic carbocycles. The van der Waals surface area contributed by atoms with Crippen LogP contribution in [0.4, 0.5) is 4.39 Å². The summed E-state index contributed by atoms with van der Waals surface area (Å²) in [6.45, 7) is -0.0106. The Balaban J connectivity index is 2.10. The third kappa shape index (κ3) is 3.25. The quantitative estimate of drug-likeness (QED) is 0.863. The molecule has 2 aromatic rings. The number of hydrogen-bond donors (Lipinski definition) is 0. The van der Waals surface area contributed by atoms with Crippen LogP contribution in [0, 0.1) is 5.82 Å². The molecule has 1 heterocycles. The fourth-order valence-corrected chi connectivity index (χ4v) is 1.48. The predicted molar refractivity (Wildman–Crippen MR) is 60.6 cm³/mol. The minimum absolute atomic E-state index is 0.0106. The van der Waals surface area contributed by atoms with E-state index >= 15 is 0 Å². The van der Waals surface area contributed by atoms with E-state index in [-0.39, 0.29) is 29.0 Å². The van der Waals surface area contributed by atoms with Gasteiger partial charge in [-0.15, -0.1) is 0 Å². The van der Waals surface area contributed by atoms with Crippen molar-refractivity contribution in [3.05, 3.63) is 46.2 Å². The predicted octanol–water partition coefficient (Wildman–Crippen LogP) is 2.90. The molecule has 4 nitrogen and oxygen atoms in total. The van der Waals surface area contributed by atoms with Crippen LogP contribution in [0.3, 0.4) is 0 Å². The van der Waals surface area contributed by atoms with Crippen molar-refractivity contribution in [1.82, 2.24) is 15.0 Å². The highest BCUT2D eigenvalue weighted by Crippen LogP contribution is 2.14. The van der Waals surface area contributed by atoms with Crippen molar-refractivity contribution in [2.45, 2.75) is 6.61 Å². The number of hydrogen-bond acceptors (Lipinski definition) is 4. The van der Waals surface area contributed by atoms with Gasteiger partial charge < -0.3 is 4.74 Å². The van der Waals surface area contributed by atoms with Crippen molar-refractivity contribution in [3.8, 4) is 6.01 Å². The Hall–Kier alpha value is -1.46. The lowest BCUT2D eigenvalue weighted by Crippen LogP contribution is -2.02. The molecule has 1 aromatic heterocycles. The van der Waals surface area contributed by atoms with E-state index in [2.05, 4.69) is 15.0 Å². The van der Waals surface area contributed by atoms with Gasteiger partial charge in [0.1, 0.15) is 12.4 Å². The Morgan fingerprint density at radius 1 is 1.06 bits per heavy atom. The minimum Gasteiger partial charge on any atom is -0.458 e. The summed E-state index contributed by atoms with van der Waals surface area (Å²) in [7, 11) is 0. The van der Waals surface area contributed by atoms with Gasteiger partial charge in [-0.2, -0.15) is 15.0 Å². The minimum atomic E-state index is -0.362. The number of aromatic nitrogens is 3. The summed E-state index contributed by atoms with van der Waals surface area (Å²) in [5, 5.41) is -0.151. The highest BCUT2D eigenvalue weighted by Gasteiger charge is 2.06. The Kier molecular flexibility index (Phi) is 3.71. The van der Waals surface area contributed by atoms with Gasteiger partial charge in [-0.3, -0.25) is 0 Å². The van der Waals surface area contributed by atoms with E-state index in [9.17, 15) is 4.39 Å². The molecule has 17 heavy (non-hydrogen) atoms. The van der Waals surface area contributed by atoms with E-state index < -0.39 is 0 Å². The van der Waals surface area contributed by atoms with Crippen LogP contribution in [0.1, 0.15) is 5.56 Å². The van der Waals surface area contributed by atoms with Crippen molar-refractivity contribution >= 4 is 23.2 Å². The van der Waals surface area contributed by atoms with Crippen LogP contribution >= 0.6 is 23.2 Å². The number of benzene rings is 1. The largest absolute Gasteiger partial charge is 0.458 e. The van der Waals surface area contributed by atoms with E-state index in [1.165, 1.54) is 6.07 Å². The van der Waals surface area contributed by atoms with Gasteiger partial charge in [-0.25, -0.2) is 4.39 Å². The summed E-state index contributed by atoms with van der Waals surface area (Å²) >= 11 is 11.1. The second-order valence-electron chi connectivity index (χ2n) is 3.04. The molecule has 0 atom stereocenters. The van der Waals surface area contributed by atoms with Crippen molar-refractivity contribution in [3.63, 3.8) is 0 Å². The van der Waals surface area contributed by atoms with Gasteiger partial charge >= 0.3 is 6.01 Å². The van der Waals surface area contributed by atoms with E-state index in [4.69, 9.17) is 27.9 Å². The first-order valence-electron chi connectivity index (χ1n) is 4.58. The number of nitrogens with zero attached hydrogens (tertiary/aromatic N) is 3. The number of halogens is 3. The summed E-state index contributed by atoms with van der Waals surface area (Å²) in [4.78, 5) is 10.9. The molecule has 0 fully saturated rings. The van der Waals surface area contributed by atoms with Crippen LogP contribution in [0.15, 0.2) is 24.3 Å². The van der Waals surface area contributed by atoms with Gasteiger partial charge in [0.05, 0.1) is 0 Å². The molecule has 0 N–H and O–H groups in total. The maximum Gasteiger partial charge on any atom is 0.322 e. The lowest BCUT2D eigenvalue weighted by molar-refractivity contribution is 0.274. The Bertz CT molecular complexity index is 518. The second-order valence-corrected chi connectivity index (χ2v) is 3.71. The topological polar surface area (TPSA) is 47.9 Å². The fraction of sp³-hybridized carbons (Fsp3) is 0.100. The van der Waals surface area contributed by atoms with Crippen LogP contribution in [-0.4, -0.2) is 15.0 Å². The summed E-state index contributed by atoms with van der Waals surface area (Å²) in [6.07, 6.45) is 0. The van der Waals surface area contributed by atoms with E-state index in [1.54, 1.807) is 18.2 Å². The van der Waals surface area contributed by atoms with Gasteiger partial charge in [-0.05, 0) is 29.3 Å². The summed E-state index contributed by atoms with van der Waals surface area (Å²) in [5.41, 5.74) is 0.389. The number of rotatable bonds is 3. The van der Waals surface area contributed by atoms with Gasteiger partial charge in [0.2, 0.25) is 10.6 Å². The zero-order valence-electron chi connectivity index (χ0n) is 8.40. The van der Waals surface area contributed by atoms with Crippen LogP contribution in [0.2, 0.25) is 10.6 Å². The van der Waals surface area contributed by atoms with E-state index in [0.717, 1.165) is 0 Å². The molecule has 0 unspecified atom stereocenters. The zero-order chi connectivity index (χ0) is 12.3.